The van der Waals surface area contributed by atoms with E-state index >= 15 is 0 Å². The zero-order chi connectivity index (χ0) is 22.8. The molecule has 1 unspecified atom stereocenters. The highest BCUT2D eigenvalue weighted by atomic mass is 35.5. The van der Waals surface area contributed by atoms with Gasteiger partial charge in [0, 0.05) is 13.1 Å². The molecule has 0 aromatic heterocycles. The van der Waals surface area contributed by atoms with Gasteiger partial charge < -0.3 is 19.6 Å². The first kappa shape index (κ1) is 23.4. The van der Waals surface area contributed by atoms with Crippen LogP contribution < -0.4 is 4.74 Å². The number of carbonyl (C=O) groups is 1. The number of benzene rings is 2. The molecule has 1 aliphatic rings. The lowest BCUT2D eigenvalue weighted by molar-refractivity contribution is -0.137. The zero-order valence-electron chi connectivity index (χ0n) is 17.2. The number of nitrogens with zero attached hydrogens (tertiary/aromatic N) is 2. The van der Waals surface area contributed by atoms with E-state index in [0.29, 0.717) is 24.5 Å². The first-order chi connectivity index (χ1) is 14.7. The summed E-state index contributed by atoms with van der Waals surface area (Å²) in [6, 6.07) is 8.34. The molecule has 0 saturated heterocycles. The number of amides is 1. The molecule has 0 fully saturated rings. The van der Waals surface area contributed by atoms with Crippen LogP contribution in [0.1, 0.15) is 47.1 Å². The third-order valence-electron chi connectivity index (χ3n) is 5.36. The third kappa shape index (κ3) is 4.97. The van der Waals surface area contributed by atoms with Crippen LogP contribution in [0.2, 0.25) is 5.02 Å². The Kier molecular flexibility index (Phi) is 7.13. The maximum absolute atomic E-state index is 13.2. The molecule has 1 N–H and O–H groups in total. The maximum Gasteiger partial charge on any atom is 0.417 e. The number of alkyl halides is 3. The predicted molar refractivity (Wildman–Crippen MR) is 111 cm³/mol. The van der Waals surface area contributed by atoms with Crippen LogP contribution in [0, 0.1) is 0 Å². The first-order valence-corrected chi connectivity index (χ1v) is 10.4. The molecule has 1 atom stereocenters. The van der Waals surface area contributed by atoms with E-state index in [2.05, 4.69) is 4.90 Å². The molecule has 5 nitrogen and oxygen atoms in total. The van der Waals surface area contributed by atoms with Gasteiger partial charge in [-0.15, -0.1) is 0 Å². The van der Waals surface area contributed by atoms with Crippen LogP contribution >= 0.6 is 11.6 Å². The van der Waals surface area contributed by atoms with Crippen LogP contribution in [0.25, 0.3) is 0 Å². The van der Waals surface area contributed by atoms with Gasteiger partial charge in [-0.25, -0.2) is 0 Å². The Morgan fingerprint density at radius 2 is 1.90 bits per heavy atom. The number of likely N-dealkylation sites (N-methyl/N-ethyl adjacent to an activating group) is 1. The van der Waals surface area contributed by atoms with Crippen molar-refractivity contribution in [1.82, 2.24) is 9.80 Å². The molecule has 2 aromatic rings. The lowest BCUT2D eigenvalue weighted by atomic mass is 10.1. The Labute approximate surface area is 184 Å². The second kappa shape index (κ2) is 9.46. The standard InChI is InChI=1S/C22H24ClF3N2O3/c1-3-27(4-2)10-11-31-18-7-5-6-15-19(18)21(30)28(20(15)29)13-14-8-9-17(23)16(12-14)22(24,25)26/h5-9,12,21,30H,3-4,10-11,13H2,1-2H3. The average molecular weight is 457 g/mol. The van der Waals surface area contributed by atoms with Gasteiger partial charge in [0.1, 0.15) is 12.4 Å². The molecule has 0 spiro atoms. The minimum absolute atomic E-state index is 0.201. The number of hydrogen-bond donors (Lipinski definition) is 1. The fraction of sp³-hybridized carbons (Fsp3) is 0.409. The van der Waals surface area contributed by atoms with Crippen molar-refractivity contribution in [2.75, 3.05) is 26.2 Å². The number of halogens is 4. The van der Waals surface area contributed by atoms with Crippen LogP contribution in [0.5, 0.6) is 5.75 Å². The van der Waals surface area contributed by atoms with E-state index < -0.39 is 28.9 Å². The summed E-state index contributed by atoms with van der Waals surface area (Å²) in [6.45, 7) is 6.72. The van der Waals surface area contributed by atoms with E-state index in [4.69, 9.17) is 16.3 Å². The summed E-state index contributed by atoms with van der Waals surface area (Å²) < 4.78 is 45.3. The highest BCUT2D eigenvalue weighted by molar-refractivity contribution is 6.31. The number of aliphatic hydroxyl groups is 1. The van der Waals surface area contributed by atoms with Crippen LogP contribution in [-0.4, -0.2) is 47.1 Å². The van der Waals surface area contributed by atoms with Gasteiger partial charge in [-0.1, -0.05) is 37.6 Å². The SMILES string of the molecule is CCN(CC)CCOc1cccc2c1C(O)N(Cc1ccc(Cl)c(C(F)(F)F)c1)C2=O. The molecule has 1 amide bonds. The van der Waals surface area contributed by atoms with Crippen molar-refractivity contribution in [2.24, 2.45) is 0 Å². The van der Waals surface area contributed by atoms with E-state index in [1.165, 1.54) is 6.07 Å². The predicted octanol–water partition coefficient (Wildman–Crippen LogP) is 4.73. The minimum Gasteiger partial charge on any atom is -0.492 e. The van der Waals surface area contributed by atoms with E-state index in [9.17, 15) is 23.1 Å². The molecule has 0 radical (unpaired) electrons. The van der Waals surface area contributed by atoms with E-state index in [-0.39, 0.29) is 17.7 Å². The van der Waals surface area contributed by atoms with Crippen LogP contribution in [0.4, 0.5) is 13.2 Å². The van der Waals surface area contributed by atoms with E-state index in [0.717, 1.165) is 30.1 Å². The summed E-state index contributed by atoms with van der Waals surface area (Å²) in [4.78, 5) is 16.1. The van der Waals surface area contributed by atoms with Crippen molar-refractivity contribution in [3.8, 4) is 5.75 Å². The number of hydrogen-bond acceptors (Lipinski definition) is 4. The van der Waals surface area contributed by atoms with Crippen molar-refractivity contribution < 1.29 is 27.8 Å². The van der Waals surface area contributed by atoms with Crippen molar-refractivity contribution in [3.63, 3.8) is 0 Å². The summed E-state index contributed by atoms with van der Waals surface area (Å²) in [6.07, 6.45) is -5.94. The second-order valence-electron chi connectivity index (χ2n) is 7.21. The molecule has 0 aliphatic carbocycles. The number of fused-ring (bicyclic) bond motifs is 1. The topological polar surface area (TPSA) is 53.0 Å². The number of aliphatic hydroxyl groups excluding tert-OH is 1. The molecular formula is C22H24ClF3N2O3. The Balaban J connectivity index is 1.80. The zero-order valence-corrected chi connectivity index (χ0v) is 18.0. The van der Waals surface area contributed by atoms with Gasteiger partial charge in [-0.2, -0.15) is 13.2 Å². The van der Waals surface area contributed by atoms with Gasteiger partial charge in [0.15, 0.2) is 6.23 Å². The average Bonchev–Trinajstić information content (AvgIpc) is 2.97. The normalized spacial score (nSPS) is 16.2. The molecule has 3 rings (SSSR count). The number of rotatable bonds is 8. The van der Waals surface area contributed by atoms with Gasteiger partial charge in [0.05, 0.1) is 21.7 Å². The summed E-state index contributed by atoms with van der Waals surface area (Å²) in [7, 11) is 0. The molecular weight excluding hydrogens is 433 g/mol. The summed E-state index contributed by atoms with van der Waals surface area (Å²) in [5.41, 5.74) is -0.165. The van der Waals surface area contributed by atoms with E-state index in [1.54, 1.807) is 18.2 Å². The van der Waals surface area contributed by atoms with Crippen LogP contribution in [0.15, 0.2) is 36.4 Å². The molecule has 31 heavy (non-hydrogen) atoms. The lowest BCUT2D eigenvalue weighted by Gasteiger charge is -2.23. The van der Waals surface area contributed by atoms with Gasteiger partial charge in [0.2, 0.25) is 0 Å². The molecule has 0 saturated carbocycles. The maximum atomic E-state index is 13.2. The summed E-state index contributed by atoms with van der Waals surface area (Å²) in [5.74, 6) is -0.0831. The van der Waals surface area contributed by atoms with Crippen molar-refractivity contribution in [1.29, 1.82) is 0 Å². The highest BCUT2D eigenvalue weighted by Gasteiger charge is 2.39. The Morgan fingerprint density at radius 1 is 1.19 bits per heavy atom. The molecule has 0 bridgehead atoms. The van der Waals surface area contributed by atoms with Crippen molar-refractivity contribution in [2.45, 2.75) is 32.8 Å². The van der Waals surface area contributed by atoms with Gasteiger partial charge in [0.25, 0.3) is 5.91 Å². The Hall–Kier alpha value is -2.29. The van der Waals surface area contributed by atoms with E-state index in [1.807, 2.05) is 13.8 Å². The number of ether oxygens (including phenoxy) is 1. The largest absolute Gasteiger partial charge is 0.492 e. The quantitative estimate of drug-likeness (QED) is 0.624. The number of carbonyl (C=O) groups excluding carboxylic acids is 1. The minimum atomic E-state index is -4.62. The molecule has 2 aromatic carbocycles. The summed E-state index contributed by atoms with van der Waals surface area (Å²) >= 11 is 5.67. The van der Waals surface area contributed by atoms with Gasteiger partial charge >= 0.3 is 6.18 Å². The molecule has 168 valence electrons. The first-order valence-electron chi connectivity index (χ1n) is 10.00. The van der Waals surface area contributed by atoms with Crippen LogP contribution in [0.3, 0.4) is 0 Å². The van der Waals surface area contributed by atoms with Crippen LogP contribution in [-0.2, 0) is 12.7 Å². The monoisotopic (exact) mass is 456 g/mol. The molecule has 1 heterocycles. The van der Waals surface area contributed by atoms with Gasteiger partial charge in [-0.3, -0.25) is 4.79 Å². The highest BCUT2D eigenvalue weighted by Crippen LogP contribution is 2.40. The lowest BCUT2D eigenvalue weighted by Crippen LogP contribution is -2.28. The van der Waals surface area contributed by atoms with Crippen molar-refractivity contribution >= 4 is 17.5 Å². The van der Waals surface area contributed by atoms with Gasteiger partial charge in [-0.05, 0) is 42.9 Å². The Morgan fingerprint density at radius 3 is 2.55 bits per heavy atom. The summed E-state index contributed by atoms with van der Waals surface area (Å²) in [5, 5.41) is 10.4. The molecule has 1 aliphatic heterocycles. The van der Waals surface area contributed by atoms with Crippen molar-refractivity contribution in [3.05, 3.63) is 63.7 Å². The fourth-order valence-corrected chi connectivity index (χ4v) is 3.84. The third-order valence-corrected chi connectivity index (χ3v) is 5.69. The Bertz CT molecular complexity index is 948. The smallest absolute Gasteiger partial charge is 0.417 e. The molecule has 9 heteroatoms. The second-order valence-corrected chi connectivity index (χ2v) is 7.62. The fourth-order valence-electron chi connectivity index (χ4n) is 3.61.